The average Bonchev–Trinajstić information content (AvgIpc) is 2.31. The van der Waals surface area contributed by atoms with Crippen molar-refractivity contribution in [3.05, 3.63) is 29.6 Å². The molecule has 1 N–H and O–H groups in total. The number of halogens is 1. The van der Waals surface area contributed by atoms with Crippen LogP contribution in [0.25, 0.3) is 0 Å². The Morgan fingerprint density at radius 2 is 2.31 bits per heavy atom. The molecule has 0 spiro atoms. The third-order valence-corrected chi connectivity index (χ3v) is 2.25. The molecule has 0 unspecified atom stereocenters. The van der Waals surface area contributed by atoms with Gasteiger partial charge in [0.1, 0.15) is 0 Å². The molecule has 0 radical (unpaired) electrons. The maximum absolute atomic E-state index is 13.7. The van der Waals surface area contributed by atoms with Crippen LogP contribution in [0.2, 0.25) is 0 Å². The van der Waals surface area contributed by atoms with Gasteiger partial charge >= 0.3 is 0 Å². The van der Waals surface area contributed by atoms with Gasteiger partial charge in [-0.3, -0.25) is 0 Å². The van der Waals surface area contributed by atoms with E-state index in [1.54, 1.807) is 18.2 Å². The smallest absolute Gasteiger partial charge is 0.169 e. The van der Waals surface area contributed by atoms with Crippen LogP contribution in [-0.2, 0) is 6.54 Å². The van der Waals surface area contributed by atoms with Crippen LogP contribution in [0.1, 0.15) is 18.4 Å². The van der Waals surface area contributed by atoms with Gasteiger partial charge in [0, 0.05) is 18.5 Å². The monoisotopic (exact) mass is 221 g/mol. The van der Waals surface area contributed by atoms with Gasteiger partial charge in [-0.05, 0) is 19.0 Å². The summed E-state index contributed by atoms with van der Waals surface area (Å²) in [6.45, 7) is 1.29. The maximum atomic E-state index is 13.7. The van der Waals surface area contributed by atoms with E-state index in [0.29, 0.717) is 12.1 Å². The zero-order valence-electron chi connectivity index (χ0n) is 9.42. The largest absolute Gasteiger partial charge is 0.494 e. The SMILES string of the molecule is C#CCCCNCc1cccc(OC)c1F. The second kappa shape index (κ2) is 6.86. The van der Waals surface area contributed by atoms with Crippen molar-refractivity contribution >= 4 is 0 Å². The van der Waals surface area contributed by atoms with Gasteiger partial charge in [0.05, 0.1) is 7.11 Å². The normalized spacial score (nSPS) is 9.81. The van der Waals surface area contributed by atoms with E-state index < -0.39 is 0 Å². The van der Waals surface area contributed by atoms with Gasteiger partial charge in [-0.1, -0.05) is 12.1 Å². The Morgan fingerprint density at radius 3 is 3.00 bits per heavy atom. The Labute approximate surface area is 95.8 Å². The van der Waals surface area contributed by atoms with Crippen molar-refractivity contribution in [1.82, 2.24) is 5.32 Å². The Kier molecular flexibility index (Phi) is 5.38. The number of hydrogen-bond acceptors (Lipinski definition) is 2. The summed E-state index contributed by atoms with van der Waals surface area (Å²) in [7, 11) is 1.46. The van der Waals surface area contributed by atoms with E-state index >= 15 is 0 Å². The molecule has 86 valence electrons. The van der Waals surface area contributed by atoms with Crippen LogP contribution in [0.15, 0.2) is 18.2 Å². The molecule has 0 heterocycles. The van der Waals surface area contributed by atoms with Gasteiger partial charge in [0.2, 0.25) is 0 Å². The minimum absolute atomic E-state index is 0.280. The molecular weight excluding hydrogens is 205 g/mol. The lowest BCUT2D eigenvalue weighted by atomic mass is 10.2. The first-order valence-corrected chi connectivity index (χ1v) is 5.25. The van der Waals surface area contributed by atoms with Crippen molar-refractivity contribution in [2.75, 3.05) is 13.7 Å². The van der Waals surface area contributed by atoms with Crippen molar-refractivity contribution in [3.63, 3.8) is 0 Å². The van der Waals surface area contributed by atoms with E-state index in [0.717, 1.165) is 19.4 Å². The number of terminal acetylenes is 1. The quantitative estimate of drug-likeness (QED) is 0.588. The predicted molar refractivity (Wildman–Crippen MR) is 62.7 cm³/mol. The zero-order chi connectivity index (χ0) is 11.8. The molecule has 0 bridgehead atoms. The molecule has 2 nitrogen and oxygen atoms in total. The number of unbranched alkanes of at least 4 members (excludes halogenated alkanes) is 1. The van der Waals surface area contributed by atoms with Gasteiger partial charge in [-0.25, -0.2) is 4.39 Å². The minimum Gasteiger partial charge on any atom is -0.494 e. The number of nitrogens with one attached hydrogen (secondary N) is 1. The van der Waals surface area contributed by atoms with Gasteiger partial charge in [0.25, 0.3) is 0 Å². The predicted octanol–water partition coefficient (Wildman–Crippen LogP) is 2.34. The molecule has 0 aliphatic rings. The summed E-state index contributed by atoms with van der Waals surface area (Å²) in [5, 5.41) is 3.14. The van der Waals surface area contributed by atoms with E-state index in [-0.39, 0.29) is 11.6 Å². The van der Waals surface area contributed by atoms with Crippen molar-refractivity contribution in [2.45, 2.75) is 19.4 Å². The molecule has 0 saturated carbocycles. The number of rotatable bonds is 6. The fourth-order valence-electron chi connectivity index (χ4n) is 1.39. The molecule has 0 aliphatic carbocycles. The fourth-order valence-corrected chi connectivity index (χ4v) is 1.39. The lowest BCUT2D eigenvalue weighted by Crippen LogP contribution is -2.15. The highest BCUT2D eigenvalue weighted by Crippen LogP contribution is 2.19. The molecular formula is C13H16FNO. The van der Waals surface area contributed by atoms with E-state index in [4.69, 9.17) is 11.2 Å². The van der Waals surface area contributed by atoms with Crippen LogP contribution in [0.5, 0.6) is 5.75 Å². The summed E-state index contributed by atoms with van der Waals surface area (Å²) in [6.07, 6.45) is 6.78. The van der Waals surface area contributed by atoms with Gasteiger partial charge < -0.3 is 10.1 Å². The maximum Gasteiger partial charge on any atom is 0.169 e. The minimum atomic E-state index is -0.297. The molecule has 16 heavy (non-hydrogen) atoms. The topological polar surface area (TPSA) is 21.3 Å². The molecule has 0 atom stereocenters. The van der Waals surface area contributed by atoms with E-state index in [9.17, 15) is 4.39 Å². The molecule has 0 amide bonds. The molecule has 3 heteroatoms. The Hall–Kier alpha value is -1.53. The molecule has 0 fully saturated rings. The van der Waals surface area contributed by atoms with Crippen molar-refractivity contribution in [2.24, 2.45) is 0 Å². The first-order chi connectivity index (χ1) is 7.79. The van der Waals surface area contributed by atoms with E-state index in [2.05, 4.69) is 11.2 Å². The third-order valence-electron chi connectivity index (χ3n) is 2.25. The van der Waals surface area contributed by atoms with Crippen LogP contribution < -0.4 is 10.1 Å². The highest BCUT2D eigenvalue weighted by molar-refractivity contribution is 5.30. The molecule has 0 aliphatic heterocycles. The lowest BCUT2D eigenvalue weighted by Gasteiger charge is -2.08. The fraction of sp³-hybridized carbons (Fsp3) is 0.385. The summed E-state index contributed by atoms with van der Waals surface area (Å²) < 4.78 is 18.6. The first-order valence-electron chi connectivity index (χ1n) is 5.25. The molecule has 1 aromatic carbocycles. The van der Waals surface area contributed by atoms with Crippen molar-refractivity contribution in [1.29, 1.82) is 0 Å². The number of ether oxygens (including phenoxy) is 1. The van der Waals surface area contributed by atoms with Crippen LogP contribution in [0, 0.1) is 18.2 Å². The Morgan fingerprint density at radius 1 is 1.50 bits per heavy atom. The summed E-state index contributed by atoms with van der Waals surface area (Å²) in [5.41, 5.74) is 0.611. The lowest BCUT2D eigenvalue weighted by molar-refractivity contribution is 0.383. The number of hydrogen-bond donors (Lipinski definition) is 1. The highest BCUT2D eigenvalue weighted by atomic mass is 19.1. The Balaban J connectivity index is 2.45. The number of benzene rings is 1. The van der Waals surface area contributed by atoms with E-state index in [1.165, 1.54) is 7.11 Å². The molecule has 1 aromatic rings. The first kappa shape index (κ1) is 12.5. The van der Waals surface area contributed by atoms with E-state index in [1.807, 2.05) is 0 Å². The molecule has 0 saturated heterocycles. The summed E-state index contributed by atoms with van der Waals surface area (Å²) >= 11 is 0. The van der Waals surface area contributed by atoms with Crippen LogP contribution >= 0.6 is 0 Å². The molecule has 1 rings (SSSR count). The molecule has 0 aromatic heterocycles. The highest BCUT2D eigenvalue weighted by Gasteiger charge is 2.06. The van der Waals surface area contributed by atoms with Crippen LogP contribution in [0.4, 0.5) is 4.39 Å². The number of methoxy groups -OCH3 is 1. The summed E-state index contributed by atoms with van der Waals surface area (Å²) in [4.78, 5) is 0. The van der Waals surface area contributed by atoms with Gasteiger partial charge in [0.15, 0.2) is 11.6 Å². The average molecular weight is 221 g/mol. The van der Waals surface area contributed by atoms with Gasteiger partial charge in [-0.15, -0.1) is 12.3 Å². The van der Waals surface area contributed by atoms with Gasteiger partial charge in [-0.2, -0.15) is 0 Å². The Bertz CT molecular complexity index is 371. The summed E-state index contributed by atoms with van der Waals surface area (Å²) in [5.74, 6) is 2.55. The third kappa shape index (κ3) is 3.56. The zero-order valence-corrected chi connectivity index (χ0v) is 9.42. The summed E-state index contributed by atoms with van der Waals surface area (Å²) in [6, 6.07) is 5.13. The van der Waals surface area contributed by atoms with Crippen LogP contribution in [0.3, 0.4) is 0 Å². The van der Waals surface area contributed by atoms with Crippen molar-refractivity contribution in [3.8, 4) is 18.1 Å². The second-order valence-corrected chi connectivity index (χ2v) is 3.42. The second-order valence-electron chi connectivity index (χ2n) is 3.42. The standard InChI is InChI=1S/C13H16FNO/c1-3-4-5-9-15-10-11-7-6-8-12(16-2)13(11)14/h1,6-8,15H,4-5,9-10H2,2H3. The van der Waals surface area contributed by atoms with Crippen LogP contribution in [-0.4, -0.2) is 13.7 Å². The van der Waals surface area contributed by atoms with Crippen molar-refractivity contribution < 1.29 is 9.13 Å².